The number of rotatable bonds is 9. The third-order valence-corrected chi connectivity index (χ3v) is 7.39. The Kier molecular flexibility index (Phi) is 8.19. The van der Waals surface area contributed by atoms with Gasteiger partial charge in [0.15, 0.2) is 0 Å². The lowest BCUT2D eigenvalue weighted by molar-refractivity contribution is 0.147. The van der Waals surface area contributed by atoms with Gasteiger partial charge in [-0.2, -0.15) is 11.8 Å². The van der Waals surface area contributed by atoms with E-state index in [9.17, 15) is 0 Å². The van der Waals surface area contributed by atoms with Crippen molar-refractivity contribution in [2.45, 2.75) is 90.9 Å². The van der Waals surface area contributed by atoms with Gasteiger partial charge in [0.25, 0.3) is 0 Å². The molecule has 24 heavy (non-hydrogen) atoms. The minimum absolute atomic E-state index is 0.497. The Morgan fingerprint density at radius 1 is 1.17 bits per heavy atom. The average Bonchev–Trinajstić information content (AvgIpc) is 3.06. The number of hydrogen-bond donors (Lipinski definition) is 0. The molecule has 0 N–H and O–H groups in total. The van der Waals surface area contributed by atoms with E-state index in [4.69, 9.17) is 0 Å². The lowest BCUT2D eigenvalue weighted by atomic mass is 9.69. The minimum atomic E-state index is 0.497. The first-order valence-corrected chi connectivity index (χ1v) is 11.1. The van der Waals surface area contributed by atoms with Crippen LogP contribution >= 0.6 is 11.8 Å². The van der Waals surface area contributed by atoms with E-state index in [1.165, 1.54) is 57.1 Å². The van der Waals surface area contributed by atoms with Gasteiger partial charge in [0.05, 0.1) is 6.33 Å². The van der Waals surface area contributed by atoms with Crippen molar-refractivity contribution in [2.75, 3.05) is 5.75 Å². The molecule has 2 rings (SSSR count). The molecule has 1 unspecified atom stereocenters. The zero-order valence-electron chi connectivity index (χ0n) is 16.3. The molecule has 0 saturated heterocycles. The maximum absolute atomic E-state index is 4.16. The average molecular weight is 351 g/mol. The molecule has 1 aliphatic carbocycles. The molecule has 138 valence electrons. The van der Waals surface area contributed by atoms with E-state index in [0.717, 1.165) is 23.6 Å². The second kappa shape index (κ2) is 9.89. The third-order valence-electron chi connectivity index (χ3n) is 5.82. The van der Waals surface area contributed by atoms with Crippen molar-refractivity contribution < 1.29 is 0 Å². The van der Waals surface area contributed by atoms with Gasteiger partial charge in [-0.15, -0.1) is 0 Å². The molecular weight excluding hydrogens is 312 g/mol. The molecule has 1 fully saturated rings. The van der Waals surface area contributed by atoms with Gasteiger partial charge in [-0.05, 0) is 67.9 Å². The minimum Gasteiger partial charge on any atom is -0.337 e. The molecule has 1 atom stereocenters. The normalized spacial score (nSPS) is 23.3. The molecule has 1 saturated carbocycles. The van der Waals surface area contributed by atoms with Crippen LogP contribution in [0.5, 0.6) is 0 Å². The van der Waals surface area contributed by atoms with E-state index in [2.05, 4.69) is 55.2 Å². The Morgan fingerprint density at radius 3 is 2.50 bits per heavy atom. The highest BCUT2D eigenvalue weighted by molar-refractivity contribution is 7.99. The maximum Gasteiger partial charge on any atom is 0.0945 e. The van der Waals surface area contributed by atoms with Gasteiger partial charge in [0.2, 0.25) is 0 Å². The molecule has 1 aliphatic rings. The molecule has 0 aromatic carbocycles. The number of hydrogen-bond acceptors (Lipinski definition) is 2. The summed E-state index contributed by atoms with van der Waals surface area (Å²) in [4.78, 5) is 4.16. The van der Waals surface area contributed by atoms with Gasteiger partial charge >= 0.3 is 0 Å². The second-order valence-electron chi connectivity index (χ2n) is 8.68. The zero-order chi connectivity index (χ0) is 17.4. The van der Waals surface area contributed by atoms with Crippen LogP contribution in [0, 0.1) is 17.3 Å². The number of aromatic nitrogens is 2. The number of unbranched alkanes of at least 4 members (excludes halogenated alkanes) is 1. The predicted octanol–water partition coefficient (Wildman–Crippen LogP) is 6.42. The first-order valence-electron chi connectivity index (χ1n) is 10.1. The van der Waals surface area contributed by atoms with Gasteiger partial charge < -0.3 is 4.57 Å². The maximum atomic E-state index is 4.16. The van der Waals surface area contributed by atoms with Crippen LogP contribution < -0.4 is 0 Å². The van der Waals surface area contributed by atoms with E-state index in [0.29, 0.717) is 5.41 Å². The Labute approximate surface area is 154 Å². The highest BCUT2D eigenvalue weighted by Gasteiger charge is 2.32. The van der Waals surface area contributed by atoms with E-state index in [1.54, 1.807) is 0 Å². The fourth-order valence-electron chi connectivity index (χ4n) is 4.09. The summed E-state index contributed by atoms with van der Waals surface area (Å²) in [7, 11) is 0. The third kappa shape index (κ3) is 6.46. The molecule has 2 nitrogen and oxygen atoms in total. The van der Waals surface area contributed by atoms with Crippen molar-refractivity contribution >= 4 is 11.8 Å². The summed E-state index contributed by atoms with van der Waals surface area (Å²) in [5.74, 6) is 3.24. The predicted molar refractivity (Wildman–Crippen MR) is 108 cm³/mol. The van der Waals surface area contributed by atoms with Gasteiger partial charge in [-0.25, -0.2) is 4.98 Å². The monoisotopic (exact) mass is 350 g/mol. The molecule has 1 aromatic heterocycles. The highest BCUT2D eigenvalue weighted by Crippen LogP contribution is 2.43. The fraction of sp³-hybridized carbons (Fsp3) is 0.857. The van der Waals surface area contributed by atoms with Gasteiger partial charge in [-0.3, -0.25) is 0 Å². The second-order valence-corrected chi connectivity index (χ2v) is 10.0. The van der Waals surface area contributed by atoms with Crippen LogP contribution in [-0.2, 0) is 6.54 Å². The van der Waals surface area contributed by atoms with Gasteiger partial charge in [0, 0.05) is 24.2 Å². The Hall–Kier alpha value is -0.440. The van der Waals surface area contributed by atoms with E-state index in [-0.39, 0.29) is 0 Å². The van der Waals surface area contributed by atoms with Crippen molar-refractivity contribution in [1.29, 1.82) is 0 Å². The fourth-order valence-corrected chi connectivity index (χ4v) is 5.72. The van der Waals surface area contributed by atoms with Crippen LogP contribution in [0.2, 0.25) is 0 Å². The quantitative estimate of drug-likeness (QED) is 0.478. The lowest BCUT2D eigenvalue weighted by Crippen LogP contribution is -2.30. The van der Waals surface area contributed by atoms with Crippen molar-refractivity contribution in [2.24, 2.45) is 17.3 Å². The largest absolute Gasteiger partial charge is 0.337 e. The standard InChI is InChI=1S/C21H38N2S/c1-5-6-16-24-20(8-7-14-23-15-13-22-17-23)18-9-11-19(12-10-18)21(2,3)4/h13,15,17-20H,5-12,14,16H2,1-4H3. The summed E-state index contributed by atoms with van der Waals surface area (Å²) in [5, 5.41) is 0.876. The van der Waals surface area contributed by atoms with Crippen LogP contribution in [-0.4, -0.2) is 20.6 Å². The van der Waals surface area contributed by atoms with Crippen molar-refractivity contribution in [3.63, 3.8) is 0 Å². The summed E-state index contributed by atoms with van der Waals surface area (Å²) >= 11 is 2.27. The van der Waals surface area contributed by atoms with Crippen LogP contribution in [0.3, 0.4) is 0 Å². The molecular formula is C21H38N2S. The Morgan fingerprint density at radius 2 is 1.92 bits per heavy atom. The summed E-state index contributed by atoms with van der Waals surface area (Å²) in [6, 6.07) is 0. The van der Waals surface area contributed by atoms with E-state index >= 15 is 0 Å². The Bertz CT molecular complexity index is 427. The number of aryl methyl sites for hydroxylation is 1. The van der Waals surface area contributed by atoms with Crippen molar-refractivity contribution in [3.05, 3.63) is 18.7 Å². The first-order chi connectivity index (χ1) is 11.5. The topological polar surface area (TPSA) is 17.8 Å². The molecule has 0 spiro atoms. The molecule has 1 aromatic rings. The Balaban J connectivity index is 1.81. The molecule has 0 radical (unpaired) electrons. The molecule has 0 amide bonds. The molecule has 3 heteroatoms. The van der Waals surface area contributed by atoms with Gasteiger partial charge in [-0.1, -0.05) is 34.1 Å². The summed E-state index contributed by atoms with van der Waals surface area (Å²) in [6.45, 7) is 10.7. The van der Waals surface area contributed by atoms with Crippen LogP contribution in [0.4, 0.5) is 0 Å². The highest BCUT2D eigenvalue weighted by atomic mass is 32.2. The van der Waals surface area contributed by atoms with Gasteiger partial charge in [0.1, 0.15) is 0 Å². The lowest BCUT2D eigenvalue weighted by Gasteiger charge is -2.39. The van der Waals surface area contributed by atoms with Crippen LogP contribution in [0.1, 0.15) is 79.1 Å². The van der Waals surface area contributed by atoms with Crippen LogP contribution in [0.15, 0.2) is 18.7 Å². The van der Waals surface area contributed by atoms with Crippen molar-refractivity contribution in [3.8, 4) is 0 Å². The summed E-state index contributed by atoms with van der Waals surface area (Å²) in [5.41, 5.74) is 0.497. The number of imidazole rings is 1. The smallest absolute Gasteiger partial charge is 0.0945 e. The van der Waals surface area contributed by atoms with E-state index in [1.807, 2.05) is 12.5 Å². The molecule has 1 heterocycles. The number of thioether (sulfide) groups is 1. The van der Waals surface area contributed by atoms with E-state index < -0.39 is 0 Å². The molecule has 0 aliphatic heterocycles. The SMILES string of the molecule is CCCCSC(CCCn1ccnc1)C1CCC(C(C)(C)C)CC1. The molecule has 0 bridgehead atoms. The van der Waals surface area contributed by atoms with Crippen molar-refractivity contribution in [1.82, 2.24) is 9.55 Å². The van der Waals surface area contributed by atoms with Crippen LogP contribution in [0.25, 0.3) is 0 Å². The summed E-state index contributed by atoms with van der Waals surface area (Å²) in [6.07, 6.45) is 17.1. The first kappa shape index (κ1) is 19.9. The zero-order valence-corrected chi connectivity index (χ0v) is 17.2. The number of nitrogens with zero attached hydrogens (tertiary/aromatic N) is 2. The summed E-state index contributed by atoms with van der Waals surface area (Å²) < 4.78 is 2.23.